The van der Waals surface area contributed by atoms with Crippen molar-refractivity contribution >= 4 is 0 Å². The maximum absolute atomic E-state index is 5.69. The summed E-state index contributed by atoms with van der Waals surface area (Å²) in [6.07, 6.45) is 2.04. The van der Waals surface area contributed by atoms with Crippen molar-refractivity contribution in [2.75, 3.05) is 7.11 Å². The van der Waals surface area contributed by atoms with Crippen LogP contribution in [0.5, 0.6) is 0 Å². The largest absolute Gasteiger partial charge is 0.382 e. The van der Waals surface area contributed by atoms with Gasteiger partial charge in [-0.05, 0) is 34.1 Å². The van der Waals surface area contributed by atoms with Crippen molar-refractivity contribution in [3.8, 4) is 0 Å². The fourth-order valence-electron chi connectivity index (χ4n) is 1.87. The fraction of sp³-hybridized carbons (Fsp3) is 0.833. The second-order valence-electron chi connectivity index (χ2n) is 5.33. The molecule has 1 rings (SSSR count). The molecule has 0 amide bonds. The van der Waals surface area contributed by atoms with Crippen molar-refractivity contribution in [3.63, 3.8) is 0 Å². The van der Waals surface area contributed by atoms with Gasteiger partial charge in [0.25, 0.3) is 0 Å². The zero-order chi connectivity index (χ0) is 13.1. The number of nitrogens with zero attached hydrogens (tertiary/aromatic N) is 3. The second-order valence-corrected chi connectivity index (χ2v) is 5.33. The van der Waals surface area contributed by atoms with Gasteiger partial charge in [0.1, 0.15) is 11.6 Å². The molecular formula is C12H24N4O. The van der Waals surface area contributed by atoms with Crippen molar-refractivity contribution in [2.24, 2.45) is 5.73 Å². The van der Waals surface area contributed by atoms with Gasteiger partial charge in [0.15, 0.2) is 0 Å². The van der Waals surface area contributed by atoms with E-state index < -0.39 is 0 Å². The monoisotopic (exact) mass is 240 g/mol. The van der Waals surface area contributed by atoms with E-state index in [-0.39, 0.29) is 11.6 Å². The summed E-state index contributed by atoms with van der Waals surface area (Å²) >= 11 is 0. The summed E-state index contributed by atoms with van der Waals surface area (Å²) < 4.78 is 7.38. The number of ether oxygens (including phenoxy) is 1. The van der Waals surface area contributed by atoms with Gasteiger partial charge in [0.2, 0.25) is 0 Å². The maximum Gasteiger partial charge on any atom is 0.147 e. The molecule has 0 aliphatic rings. The van der Waals surface area contributed by atoms with E-state index in [1.807, 2.05) is 0 Å². The van der Waals surface area contributed by atoms with Crippen LogP contribution in [0.2, 0.25) is 0 Å². The molecule has 1 heterocycles. The molecule has 0 fully saturated rings. The van der Waals surface area contributed by atoms with Crippen LogP contribution in [-0.4, -0.2) is 28.0 Å². The zero-order valence-corrected chi connectivity index (χ0v) is 11.5. The topological polar surface area (TPSA) is 66.0 Å². The second kappa shape index (κ2) is 5.60. The number of rotatable bonds is 5. The van der Waals surface area contributed by atoms with Gasteiger partial charge in [-0.25, -0.2) is 0 Å². The number of methoxy groups -OCH3 is 1. The van der Waals surface area contributed by atoms with Crippen LogP contribution in [0.1, 0.15) is 45.8 Å². The molecule has 17 heavy (non-hydrogen) atoms. The zero-order valence-electron chi connectivity index (χ0n) is 11.5. The van der Waals surface area contributed by atoms with Crippen LogP contribution < -0.4 is 5.73 Å². The Morgan fingerprint density at radius 1 is 1.29 bits per heavy atom. The predicted molar refractivity (Wildman–Crippen MR) is 67.7 cm³/mol. The third-order valence-corrected chi connectivity index (χ3v) is 2.83. The highest BCUT2D eigenvalue weighted by atomic mass is 16.5. The van der Waals surface area contributed by atoms with Crippen LogP contribution in [0, 0.1) is 0 Å². The molecule has 0 radical (unpaired) electrons. The van der Waals surface area contributed by atoms with E-state index in [9.17, 15) is 0 Å². The molecule has 0 saturated heterocycles. The third kappa shape index (κ3) is 3.51. The minimum absolute atomic E-state index is 0.0379. The third-order valence-electron chi connectivity index (χ3n) is 2.83. The quantitative estimate of drug-likeness (QED) is 0.846. The summed E-state index contributed by atoms with van der Waals surface area (Å²) in [5.41, 5.74) is 5.66. The van der Waals surface area contributed by atoms with Crippen LogP contribution >= 0.6 is 0 Å². The van der Waals surface area contributed by atoms with Gasteiger partial charge in [0.05, 0.1) is 12.6 Å². The first-order chi connectivity index (χ1) is 7.90. The SMILES string of the molecule is COC(C)CCc1nnc(CN)n1C(C)(C)C. The number of nitrogens with two attached hydrogens (primary N) is 1. The van der Waals surface area contributed by atoms with Crippen molar-refractivity contribution in [1.29, 1.82) is 0 Å². The first-order valence-corrected chi connectivity index (χ1v) is 6.06. The lowest BCUT2D eigenvalue weighted by Crippen LogP contribution is -2.27. The Morgan fingerprint density at radius 3 is 2.35 bits per heavy atom. The van der Waals surface area contributed by atoms with E-state index >= 15 is 0 Å². The van der Waals surface area contributed by atoms with Crippen LogP contribution in [0.3, 0.4) is 0 Å². The molecule has 0 saturated carbocycles. The highest BCUT2D eigenvalue weighted by Crippen LogP contribution is 2.19. The number of aromatic nitrogens is 3. The van der Waals surface area contributed by atoms with Gasteiger partial charge < -0.3 is 15.0 Å². The van der Waals surface area contributed by atoms with E-state index in [2.05, 4.69) is 42.5 Å². The Kier molecular flexibility index (Phi) is 4.65. The molecule has 1 aromatic rings. The lowest BCUT2D eigenvalue weighted by molar-refractivity contribution is 0.110. The Bertz CT molecular complexity index is 354. The van der Waals surface area contributed by atoms with Crippen molar-refractivity contribution < 1.29 is 4.74 Å². The standard InChI is InChI=1S/C12H24N4O/c1-9(17-5)6-7-10-14-15-11(8-13)16(10)12(2,3)4/h9H,6-8,13H2,1-5H3. The molecule has 98 valence electrons. The Balaban J connectivity index is 2.89. The highest BCUT2D eigenvalue weighted by Gasteiger charge is 2.22. The highest BCUT2D eigenvalue weighted by molar-refractivity contribution is 5.01. The minimum Gasteiger partial charge on any atom is -0.382 e. The van der Waals surface area contributed by atoms with Crippen LogP contribution in [0.15, 0.2) is 0 Å². The molecule has 0 aliphatic heterocycles. The average molecular weight is 240 g/mol. The molecule has 5 heteroatoms. The fourth-order valence-corrected chi connectivity index (χ4v) is 1.87. The summed E-state index contributed by atoms with van der Waals surface area (Å²) in [5, 5.41) is 8.39. The lowest BCUT2D eigenvalue weighted by atomic mass is 10.1. The maximum atomic E-state index is 5.69. The molecule has 2 N–H and O–H groups in total. The van der Waals surface area contributed by atoms with Crippen molar-refractivity contribution in [1.82, 2.24) is 14.8 Å². The summed E-state index contributed by atoms with van der Waals surface area (Å²) in [7, 11) is 1.73. The molecule has 5 nitrogen and oxygen atoms in total. The normalized spacial score (nSPS) is 14.0. The smallest absolute Gasteiger partial charge is 0.147 e. The molecule has 0 spiro atoms. The van der Waals surface area contributed by atoms with E-state index in [0.29, 0.717) is 6.54 Å². The molecule has 0 aromatic carbocycles. The van der Waals surface area contributed by atoms with Crippen LogP contribution in [-0.2, 0) is 23.2 Å². The Morgan fingerprint density at radius 2 is 1.88 bits per heavy atom. The van der Waals surface area contributed by atoms with Gasteiger partial charge in [0, 0.05) is 19.1 Å². The number of hydrogen-bond acceptors (Lipinski definition) is 4. The van der Waals surface area contributed by atoms with Crippen LogP contribution in [0.4, 0.5) is 0 Å². The molecule has 1 atom stereocenters. The summed E-state index contributed by atoms with van der Waals surface area (Å²) in [6.45, 7) is 8.89. The molecule has 1 unspecified atom stereocenters. The van der Waals surface area contributed by atoms with Crippen molar-refractivity contribution in [3.05, 3.63) is 11.6 Å². The van der Waals surface area contributed by atoms with Crippen molar-refractivity contribution in [2.45, 2.75) is 58.7 Å². The van der Waals surface area contributed by atoms with Gasteiger partial charge in [-0.15, -0.1) is 10.2 Å². The number of aryl methyl sites for hydroxylation is 1. The number of hydrogen-bond donors (Lipinski definition) is 1. The summed E-state index contributed by atoms with van der Waals surface area (Å²) in [5.74, 6) is 1.83. The van der Waals surface area contributed by atoms with Gasteiger partial charge in [-0.1, -0.05) is 0 Å². The first kappa shape index (κ1) is 14.1. The minimum atomic E-state index is -0.0379. The first-order valence-electron chi connectivity index (χ1n) is 6.06. The summed E-state index contributed by atoms with van der Waals surface area (Å²) in [4.78, 5) is 0. The Labute approximate surface area is 103 Å². The molecule has 0 bridgehead atoms. The molecular weight excluding hydrogens is 216 g/mol. The molecule has 1 aromatic heterocycles. The van der Waals surface area contributed by atoms with E-state index in [0.717, 1.165) is 24.5 Å². The van der Waals surface area contributed by atoms with Gasteiger partial charge in [-0.3, -0.25) is 0 Å². The van der Waals surface area contributed by atoms with E-state index in [1.54, 1.807) is 7.11 Å². The predicted octanol–water partition coefficient (Wildman–Crippen LogP) is 1.46. The molecule has 0 aliphatic carbocycles. The van der Waals surface area contributed by atoms with E-state index in [1.165, 1.54) is 0 Å². The van der Waals surface area contributed by atoms with E-state index in [4.69, 9.17) is 10.5 Å². The average Bonchev–Trinajstić information content (AvgIpc) is 2.68. The van der Waals surface area contributed by atoms with Gasteiger partial charge in [-0.2, -0.15) is 0 Å². The van der Waals surface area contributed by atoms with Crippen LogP contribution in [0.25, 0.3) is 0 Å². The lowest BCUT2D eigenvalue weighted by Gasteiger charge is -2.25. The summed E-state index contributed by atoms with van der Waals surface area (Å²) in [6, 6.07) is 0. The Hall–Kier alpha value is -0.940. The van der Waals surface area contributed by atoms with Gasteiger partial charge >= 0.3 is 0 Å².